The lowest BCUT2D eigenvalue weighted by atomic mass is 9.94. The van der Waals surface area contributed by atoms with Gasteiger partial charge in [-0.25, -0.2) is 15.0 Å². The Labute approximate surface area is 327 Å². The molecule has 0 saturated heterocycles. The first-order valence-corrected chi connectivity index (χ1v) is 19.5. The zero-order valence-corrected chi connectivity index (χ0v) is 30.9. The van der Waals surface area contributed by atoms with E-state index in [1.54, 1.807) is 0 Å². The molecule has 56 heavy (non-hydrogen) atoms. The van der Waals surface area contributed by atoms with Crippen LogP contribution in [0.4, 0.5) is 0 Å². The van der Waals surface area contributed by atoms with Crippen molar-refractivity contribution in [1.82, 2.24) is 15.0 Å². The average Bonchev–Trinajstić information content (AvgIpc) is 3.85. The van der Waals surface area contributed by atoms with E-state index in [9.17, 15) is 0 Å². The number of thiophene rings is 1. The maximum atomic E-state index is 6.15. The standard InChI is InChI=1S/C51H31N3OS/c1-4-14-32(15-5-1)38-30-42(48-44(31-38)41-24-13-23-39(47(41)56-48)33-16-6-2-7-17-33)35-20-12-21-36(28-35)50-52-49(34-18-8-3-9-19-34)53-51(54-50)37-26-27-46-43(29-37)40-22-10-11-25-45(40)55-46/h1-31H. The van der Waals surface area contributed by atoms with Crippen molar-refractivity contribution in [3.05, 3.63) is 188 Å². The first-order chi connectivity index (χ1) is 27.7. The maximum absolute atomic E-state index is 6.15. The van der Waals surface area contributed by atoms with Crippen molar-refractivity contribution in [1.29, 1.82) is 0 Å². The van der Waals surface area contributed by atoms with E-state index < -0.39 is 0 Å². The fourth-order valence-corrected chi connectivity index (χ4v) is 9.15. The normalized spacial score (nSPS) is 11.6. The van der Waals surface area contributed by atoms with Crippen molar-refractivity contribution in [3.8, 4) is 67.5 Å². The van der Waals surface area contributed by atoms with Gasteiger partial charge in [0.05, 0.1) is 0 Å². The third-order valence-corrected chi connectivity index (χ3v) is 11.8. The van der Waals surface area contributed by atoms with Gasteiger partial charge in [0, 0.05) is 53.2 Å². The average molecular weight is 734 g/mol. The molecule has 4 nitrogen and oxygen atoms in total. The van der Waals surface area contributed by atoms with E-state index in [1.165, 1.54) is 48.0 Å². The topological polar surface area (TPSA) is 51.8 Å². The van der Waals surface area contributed by atoms with Crippen molar-refractivity contribution < 1.29 is 4.42 Å². The number of benzene rings is 8. The summed E-state index contributed by atoms with van der Waals surface area (Å²) in [7, 11) is 0. The van der Waals surface area contributed by atoms with E-state index in [1.807, 2.05) is 72.0 Å². The van der Waals surface area contributed by atoms with Gasteiger partial charge >= 0.3 is 0 Å². The van der Waals surface area contributed by atoms with Crippen LogP contribution in [0, 0.1) is 0 Å². The third kappa shape index (κ3) is 5.56. The highest BCUT2D eigenvalue weighted by Crippen LogP contribution is 2.46. The van der Waals surface area contributed by atoms with Gasteiger partial charge in [-0.15, -0.1) is 11.3 Å². The summed E-state index contributed by atoms with van der Waals surface area (Å²) >= 11 is 1.86. The number of para-hydroxylation sites is 1. The minimum atomic E-state index is 0.609. The molecule has 3 heterocycles. The molecule has 0 fully saturated rings. The number of rotatable bonds is 6. The lowest BCUT2D eigenvalue weighted by molar-refractivity contribution is 0.669. The van der Waals surface area contributed by atoms with Crippen LogP contribution in [0.3, 0.4) is 0 Å². The predicted octanol–water partition coefficient (Wildman–Crippen LogP) is 14.1. The zero-order chi connectivity index (χ0) is 37.0. The van der Waals surface area contributed by atoms with E-state index in [0.717, 1.165) is 44.2 Å². The smallest absolute Gasteiger partial charge is 0.164 e. The lowest BCUT2D eigenvalue weighted by Crippen LogP contribution is -2.00. The van der Waals surface area contributed by atoms with Crippen molar-refractivity contribution in [2.75, 3.05) is 0 Å². The molecule has 0 atom stereocenters. The van der Waals surface area contributed by atoms with E-state index in [-0.39, 0.29) is 0 Å². The van der Waals surface area contributed by atoms with Crippen LogP contribution >= 0.6 is 11.3 Å². The summed E-state index contributed by atoms with van der Waals surface area (Å²) in [5.74, 6) is 1.85. The zero-order valence-electron chi connectivity index (χ0n) is 30.1. The molecule has 0 amide bonds. The van der Waals surface area contributed by atoms with E-state index in [4.69, 9.17) is 19.4 Å². The van der Waals surface area contributed by atoms with Gasteiger partial charge in [0.15, 0.2) is 17.5 Å². The van der Waals surface area contributed by atoms with Crippen LogP contribution in [-0.4, -0.2) is 15.0 Å². The highest BCUT2D eigenvalue weighted by atomic mass is 32.1. The largest absolute Gasteiger partial charge is 0.456 e. The Kier molecular flexibility index (Phi) is 7.64. The fraction of sp³-hybridized carbons (Fsp3) is 0. The molecule has 0 N–H and O–H groups in total. The first-order valence-electron chi connectivity index (χ1n) is 18.7. The number of hydrogen-bond acceptors (Lipinski definition) is 5. The van der Waals surface area contributed by atoms with Crippen molar-refractivity contribution in [3.63, 3.8) is 0 Å². The summed E-state index contributed by atoms with van der Waals surface area (Å²) < 4.78 is 8.69. The minimum Gasteiger partial charge on any atom is -0.456 e. The van der Waals surface area contributed by atoms with Crippen molar-refractivity contribution in [2.24, 2.45) is 0 Å². The summed E-state index contributed by atoms with van der Waals surface area (Å²) in [6, 6.07) is 65.8. The summed E-state index contributed by atoms with van der Waals surface area (Å²) in [4.78, 5) is 15.3. The molecule has 0 aliphatic heterocycles. The molecular formula is C51H31N3OS. The number of fused-ring (bicyclic) bond motifs is 6. The summed E-state index contributed by atoms with van der Waals surface area (Å²) in [6.45, 7) is 0. The Bertz CT molecular complexity index is 3240. The predicted molar refractivity (Wildman–Crippen MR) is 233 cm³/mol. The van der Waals surface area contributed by atoms with Gasteiger partial charge in [0.1, 0.15) is 11.2 Å². The van der Waals surface area contributed by atoms with Crippen LogP contribution in [0.15, 0.2) is 192 Å². The third-order valence-electron chi connectivity index (χ3n) is 10.5. The first kappa shape index (κ1) is 32.2. The van der Waals surface area contributed by atoms with Crippen molar-refractivity contribution >= 4 is 53.4 Å². The Morgan fingerprint density at radius 1 is 0.304 bits per heavy atom. The quantitative estimate of drug-likeness (QED) is 0.171. The molecule has 11 rings (SSSR count). The summed E-state index contributed by atoms with van der Waals surface area (Å²) in [5, 5.41) is 4.61. The second-order valence-electron chi connectivity index (χ2n) is 14.0. The van der Waals surface area contributed by atoms with Crippen LogP contribution in [0.5, 0.6) is 0 Å². The molecule has 11 aromatic rings. The molecule has 0 aliphatic rings. The second kappa shape index (κ2) is 13.3. The van der Waals surface area contributed by atoms with Crippen LogP contribution in [0.2, 0.25) is 0 Å². The Hall–Kier alpha value is -7.21. The number of hydrogen-bond donors (Lipinski definition) is 0. The van der Waals surface area contributed by atoms with Gasteiger partial charge in [0.25, 0.3) is 0 Å². The molecule has 0 aliphatic carbocycles. The maximum Gasteiger partial charge on any atom is 0.164 e. The van der Waals surface area contributed by atoms with Gasteiger partial charge in [-0.2, -0.15) is 0 Å². The monoisotopic (exact) mass is 733 g/mol. The molecule has 3 aromatic heterocycles. The Morgan fingerprint density at radius 3 is 1.61 bits per heavy atom. The molecule has 8 aromatic carbocycles. The van der Waals surface area contributed by atoms with Gasteiger partial charge in [-0.3, -0.25) is 0 Å². The van der Waals surface area contributed by atoms with E-state index >= 15 is 0 Å². The second-order valence-corrected chi connectivity index (χ2v) is 15.0. The van der Waals surface area contributed by atoms with Gasteiger partial charge in [-0.1, -0.05) is 146 Å². The molecule has 0 spiro atoms. The summed E-state index contributed by atoms with van der Waals surface area (Å²) in [5.41, 5.74) is 11.6. The Morgan fingerprint density at radius 2 is 0.839 bits per heavy atom. The Balaban J connectivity index is 1.11. The SMILES string of the molecule is c1ccc(-c2cc(-c3cccc(-c4nc(-c5ccccc5)nc(-c5ccc6oc7ccccc7c6c5)n4)c3)c3sc4c(-c5ccccc5)cccc4c3c2)cc1. The van der Waals surface area contributed by atoms with Crippen LogP contribution in [0.1, 0.15) is 0 Å². The number of furan rings is 1. The van der Waals surface area contributed by atoms with Crippen LogP contribution < -0.4 is 0 Å². The number of aromatic nitrogens is 3. The van der Waals surface area contributed by atoms with Gasteiger partial charge in [-0.05, 0) is 70.3 Å². The van der Waals surface area contributed by atoms with Crippen molar-refractivity contribution in [2.45, 2.75) is 0 Å². The molecule has 5 heteroatoms. The molecule has 0 unspecified atom stereocenters. The number of nitrogens with zero attached hydrogens (tertiary/aromatic N) is 3. The molecular weight excluding hydrogens is 703 g/mol. The fourth-order valence-electron chi connectivity index (χ4n) is 7.80. The van der Waals surface area contributed by atoms with Gasteiger partial charge < -0.3 is 4.42 Å². The molecule has 262 valence electrons. The molecule has 0 radical (unpaired) electrons. The highest BCUT2D eigenvalue weighted by Gasteiger charge is 2.19. The summed E-state index contributed by atoms with van der Waals surface area (Å²) in [6.07, 6.45) is 0. The van der Waals surface area contributed by atoms with Crippen LogP contribution in [-0.2, 0) is 0 Å². The van der Waals surface area contributed by atoms with Crippen LogP contribution in [0.25, 0.3) is 110 Å². The molecule has 0 bridgehead atoms. The van der Waals surface area contributed by atoms with E-state index in [2.05, 4.69) is 127 Å². The molecule has 0 saturated carbocycles. The highest BCUT2D eigenvalue weighted by molar-refractivity contribution is 7.26. The minimum absolute atomic E-state index is 0.609. The van der Waals surface area contributed by atoms with Gasteiger partial charge in [0.2, 0.25) is 0 Å². The lowest BCUT2D eigenvalue weighted by Gasteiger charge is -2.12. The van der Waals surface area contributed by atoms with E-state index in [0.29, 0.717) is 17.5 Å².